The van der Waals surface area contributed by atoms with E-state index in [1.54, 1.807) is 6.92 Å². The van der Waals surface area contributed by atoms with Gasteiger partial charge in [-0.05, 0) is 33.7 Å². The minimum Gasteiger partial charge on any atom is -0.480 e. The van der Waals surface area contributed by atoms with E-state index in [1.807, 2.05) is 20.8 Å². The van der Waals surface area contributed by atoms with E-state index >= 15 is 0 Å². The molecule has 0 aliphatic heterocycles. The van der Waals surface area contributed by atoms with Crippen LogP contribution in [0.1, 0.15) is 31.7 Å². The summed E-state index contributed by atoms with van der Waals surface area (Å²) in [4.78, 5) is 15.5. The van der Waals surface area contributed by atoms with Gasteiger partial charge in [-0.1, -0.05) is 18.7 Å². The molecule has 102 valence electrons. The van der Waals surface area contributed by atoms with Crippen molar-refractivity contribution in [1.29, 1.82) is 0 Å². The number of hydrogen-bond donors (Lipinski definition) is 2. The Kier molecular flexibility index (Phi) is 5.22. The summed E-state index contributed by atoms with van der Waals surface area (Å²) >= 11 is 1.44. The van der Waals surface area contributed by atoms with Gasteiger partial charge in [-0.25, -0.2) is 4.98 Å². The van der Waals surface area contributed by atoms with Crippen LogP contribution in [0.5, 0.6) is 0 Å². The lowest BCUT2D eigenvalue weighted by Gasteiger charge is -2.25. The van der Waals surface area contributed by atoms with Crippen molar-refractivity contribution < 1.29 is 14.3 Å². The standard InChI is InChI=1S/C12H20N2O3S/c1-5-13-12(4,10(15)16)6-7-18-11-14-8(2)9(3)17-11/h13H,5-7H2,1-4H3,(H,15,16). The second-order valence-corrected chi connectivity index (χ2v) is 5.43. The number of carboxylic acids is 1. The Labute approximate surface area is 111 Å². The van der Waals surface area contributed by atoms with Gasteiger partial charge in [-0.15, -0.1) is 0 Å². The third-order valence-corrected chi connectivity index (χ3v) is 3.71. The van der Waals surface area contributed by atoms with Crippen molar-refractivity contribution in [3.63, 3.8) is 0 Å². The highest BCUT2D eigenvalue weighted by atomic mass is 32.2. The number of rotatable bonds is 7. The molecule has 1 aromatic heterocycles. The van der Waals surface area contributed by atoms with E-state index in [9.17, 15) is 9.90 Å². The van der Waals surface area contributed by atoms with E-state index in [4.69, 9.17) is 4.42 Å². The van der Waals surface area contributed by atoms with Gasteiger partial charge in [0.2, 0.25) is 0 Å². The van der Waals surface area contributed by atoms with E-state index in [0.29, 0.717) is 23.9 Å². The molecule has 18 heavy (non-hydrogen) atoms. The van der Waals surface area contributed by atoms with Crippen LogP contribution in [0.25, 0.3) is 0 Å². The van der Waals surface area contributed by atoms with Crippen LogP contribution in [0.15, 0.2) is 9.64 Å². The van der Waals surface area contributed by atoms with Gasteiger partial charge in [0.05, 0.1) is 5.69 Å². The van der Waals surface area contributed by atoms with Gasteiger partial charge in [-0.3, -0.25) is 4.79 Å². The molecule has 1 heterocycles. The summed E-state index contributed by atoms with van der Waals surface area (Å²) in [6, 6.07) is 0. The van der Waals surface area contributed by atoms with Crippen molar-refractivity contribution in [1.82, 2.24) is 10.3 Å². The van der Waals surface area contributed by atoms with Crippen LogP contribution in [0.4, 0.5) is 0 Å². The summed E-state index contributed by atoms with van der Waals surface area (Å²) in [6.45, 7) is 7.99. The maximum Gasteiger partial charge on any atom is 0.323 e. The van der Waals surface area contributed by atoms with Crippen molar-refractivity contribution in [2.75, 3.05) is 12.3 Å². The maximum absolute atomic E-state index is 11.2. The molecular weight excluding hydrogens is 252 g/mol. The zero-order chi connectivity index (χ0) is 13.8. The Balaban J connectivity index is 2.51. The molecule has 5 nitrogen and oxygen atoms in total. The fourth-order valence-electron chi connectivity index (χ4n) is 1.51. The molecule has 0 spiro atoms. The number of oxazole rings is 1. The number of hydrogen-bond acceptors (Lipinski definition) is 5. The smallest absolute Gasteiger partial charge is 0.323 e. The van der Waals surface area contributed by atoms with Gasteiger partial charge in [0.25, 0.3) is 5.22 Å². The molecule has 6 heteroatoms. The van der Waals surface area contributed by atoms with Gasteiger partial charge < -0.3 is 14.8 Å². The number of aryl methyl sites for hydroxylation is 2. The van der Waals surface area contributed by atoms with Crippen LogP contribution >= 0.6 is 11.8 Å². The SMILES string of the molecule is CCNC(C)(CCSc1nc(C)c(C)o1)C(=O)O. The Morgan fingerprint density at radius 1 is 1.56 bits per heavy atom. The normalized spacial score (nSPS) is 14.4. The summed E-state index contributed by atoms with van der Waals surface area (Å²) in [5.74, 6) is 0.629. The molecule has 0 radical (unpaired) electrons. The van der Waals surface area contributed by atoms with Crippen LogP contribution in [0.2, 0.25) is 0 Å². The van der Waals surface area contributed by atoms with E-state index in [0.717, 1.165) is 11.5 Å². The Morgan fingerprint density at radius 2 is 2.22 bits per heavy atom. The molecule has 2 N–H and O–H groups in total. The van der Waals surface area contributed by atoms with Gasteiger partial charge >= 0.3 is 5.97 Å². The minimum atomic E-state index is -0.890. The first-order chi connectivity index (χ1) is 8.39. The highest BCUT2D eigenvalue weighted by Gasteiger charge is 2.31. The fourth-order valence-corrected chi connectivity index (χ4v) is 2.58. The predicted molar refractivity (Wildman–Crippen MR) is 71.0 cm³/mol. The fraction of sp³-hybridized carbons (Fsp3) is 0.667. The van der Waals surface area contributed by atoms with Crippen LogP contribution < -0.4 is 5.32 Å². The van der Waals surface area contributed by atoms with Gasteiger partial charge in [-0.2, -0.15) is 0 Å². The quantitative estimate of drug-likeness (QED) is 0.741. The van der Waals surface area contributed by atoms with Crippen molar-refractivity contribution in [2.24, 2.45) is 0 Å². The molecular formula is C12H20N2O3S. The Morgan fingerprint density at radius 3 is 2.67 bits per heavy atom. The average molecular weight is 272 g/mol. The van der Waals surface area contributed by atoms with Crippen LogP contribution in [-0.2, 0) is 4.79 Å². The molecule has 0 fully saturated rings. The van der Waals surface area contributed by atoms with E-state index in [-0.39, 0.29) is 0 Å². The van der Waals surface area contributed by atoms with Gasteiger partial charge in [0.15, 0.2) is 0 Å². The van der Waals surface area contributed by atoms with Crippen molar-refractivity contribution in [3.05, 3.63) is 11.5 Å². The molecule has 0 aliphatic rings. The lowest BCUT2D eigenvalue weighted by atomic mass is 9.99. The molecule has 0 saturated carbocycles. The maximum atomic E-state index is 11.2. The topological polar surface area (TPSA) is 75.4 Å². The largest absolute Gasteiger partial charge is 0.480 e. The summed E-state index contributed by atoms with van der Waals surface area (Å²) in [5.41, 5.74) is -0.0106. The minimum absolute atomic E-state index is 0.515. The highest BCUT2D eigenvalue weighted by molar-refractivity contribution is 7.99. The second-order valence-electron chi connectivity index (χ2n) is 4.39. The first kappa shape index (κ1) is 15.0. The lowest BCUT2D eigenvalue weighted by Crippen LogP contribution is -2.49. The molecule has 1 rings (SSSR count). The monoisotopic (exact) mass is 272 g/mol. The number of carboxylic acid groups (broad SMARTS) is 1. The number of carbonyl (C=O) groups is 1. The molecule has 1 aromatic rings. The Hall–Kier alpha value is -1.01. The van der Waals surface area contributed by atoms with Crippen molar-refractivity contribution in [2.45, 2.75) is 44.9 Å². The zero-order valence-electron chi connectivity index (χ0n) is 11.2. The molecule has 1 atom stereocenters. The number of likely N-dealkylation sites (N-methyl/N-ethyl adjacent to an activating group) is 1. The third-order valence-electron chi connectivity index (χ3n) is 2.88. The summed E-state index contributed by atoms with van der Waals surface area (Å²) in [7, 11) is 0. The molecule has 0 amide bonds. The molecule has 0 bridgehead atoms. The third kappa shape index (κ3) is 3.74. The first-order valence-electron chi connectivity index (χ1n) is 5.94. The molecule has 0 saturated heterocycles. The molecule has 0 aromatic carbocycles. The summed E-state index contributed by atoms with van der Waals surface area (Å²) < 4.78 is 5.43. The van der Waals surface area contributed by atoms with Crippen molar-refractivity contribution >= 4 is 17.7 Å². The molecule has 0 aliphatic carbocycles. The lowest BCUT2D eigenvalue weighted by molar-refractivity contribution is -0.144. The number of aliphatic carboxylic acids is 1. The van der Waals surface area contributed by atoms with Gasteiger partial charge in [0.1, 0.15) is 11.3 Å². The van der Waals surface area contributed by atoms with Gasteiger partial charge in [0, 0.05) is 5.75 Å². The zero-order valence-corrected chi connectivity index (χ0v) is 12.1. The van der Waals surface area contributed by atoms with Crippen molar-refractivity contribution in [3.8, 4) is 0 Å². The highest BCUT2D eigenvalue weighted by Crippen LogP contribution is 2.23. The summed E-state index contributed by atoms with van der Waals surface area (Å²) in [6.07, 6.45) is 0.515. The Bertz CT molecular complexity index is 400. The number of thioether (sulfide) groups is 1. The predicted octanol–water partition coefficient (Wildman–Crippen LogP) is 2.23. The van der Waals surface area contributed by atoms with Crippen LogP contribution in [0, 0.1) is 13.8 Å². The van der Waals surface area contributed by atoms with E-state index in [1.165, 1.54) is 11.8 Å². The number of aromatic nitrogens is 1. The molecule has 1 unspecified atom stereocenters. The van der Waals surface area contributed by atoms with E-state index in [2.05, 4.69) is 10.3 Å². The van der Waals surface area contributed by atoms with Crippen LogP contribution in [0.3, 0.4) is 0 Å². The van der Waals surface area contributed by atoms with E-state index < -0.39 is 11.5 Å². The average Bonchev–Trinajstić information content (AvgIpc) is 2.58. The second kappa shape index (κ2) is 6.24. The number of nitrogens with one attached hydrogen (secondary N) is 1. The first-order valence-corrected chi connectivity index (χ1v) is 6.93. The number of nitrogens with zero attached hydrogens (tertiary/aromatic N) is 1. The van der Waals surface area contributed by atoms with Crippen LogP contribution in [-0.4, -0.2) is 33.9 Å². The summed E-state index contributed by atoms with van der Waals surface area (Å²) in [5, 5.41) is 12.8.